The number of aromatic nitrogens is 2. The van der Waals surface area contributed by atoms with Crippen LogP contribution in [0.2, 0.25) is 0 Å². The largest absolute Gasteiger partial charge is 0.496 e. The molecule has 0 aliphatic carbocycles. The summed E-state index contributed by atoms with van der Waals surface area (Å²) in [6, 6.07) is 23.0. The van der Waals surface area contributed by atoms with Crippen molar-refractivity contribution in [2.24, 2.45) is 0 Å². The molecule has 0 aliphatic rings. The van der Waals surface area contributed by atoms with Crippen LogP contribution in [0.4, 0.5) is 0 Å². The van der Waals surface area contributed by atoms with Crippen LogP contribution in [-0.4, -0.2) is 34.7 Å². The molecule has 164 valence electrons. The molecular weight excluding hydrogens is 404 g/mol. The zero-order valence-corrected chi connectivity index (χ0v) is 18.2. The van der Waals surface area contributed by atoms with E-state index in [1.165, 1.54) is 4.68 Å². The number of para-hydroxylation sites is 1. The Labute approximate surface area is 186 Å². The lowest BCUT2D eigenvalue weighted by Gasteiger charge is -2.15. The molecule has 1 aromatic heterocycles. The van der Waals surface area contributed by atoms with E-state index in [4.69, 9.17) is 9.47 Å². The lowest BCUT2D eigenvalue weighted by atomic mass is 10.0. The number of ether oxygens (including phenoxy) is 2. The third-order valence-electron chi connectivity index (χ3n) is 5.34. The monoisotopic (exact) mass is 430 g/mol. The number of hydrogen-bond acceptors (Lipinski definition) is 5. The minimum absolute atomic E-state index is 0.0362. The van der Waals surface area contributed by atoms with Gasteiger partial charge in [-0.1, -0.05) is 66.2 Å². The summed E-state index contributed by atoms with van der Waals surface area (Å²) >= 11 is 0. The molecule has 32 heavy (non-hydrogen) atoms. The predicted molar refractivity (Wildman–Crippen MR) is 125 cm³/mol. The molecule has 0 saturated heterocycles. The standard InChI is InChI=1S/C26H26N2O4/c1-18-11-13-19(14-12-18)25-22-8-4-5-9-23(22)26(30)28(27-25)15-21(29)17-32-16-20-7-3-6-10-24(20)31-2/h3-14,21,29H,15-17H2,1-2H3. The number of hydrogen-bond donors (Lipinski definition) is 1. The van der Waals surface area contributed by atoms with Crippen LogP contribution in [0.3, 0.4) is 0 Å². The molecule has 0 fully saturated rings. The van der Waals surface area contributed by atoms with Crippen LogP contribution in [0, 0.1) is 6.92 Å². The molecule has 1 heterocycles. The average molecular weight is 431 g/mol. The summed E-state index contributed by atoms with van der Waals surface area (Å²) in [6.45, 7) is 2.43. The van der Waals surface area contributed by atoms with Crippen molar-refractivity contribution in [1.82, 2.24) is 9.78 Å². The first-order chi connectivity index (χ1) is 15.6. The van der Waals surface area contributed by atoms with E-state index >= 15 is 0 Å². The van der Waals surface area contributed by atoms with Crippen LogP contribution < -0.4 is 10.3 Å². The Morgan fingerprint density at radius 2 is 1.66 bits per heavy atom. The molecule has 0 bridgehead atoms. The molecule has 1 unspecified atom stereocenters. The highest BCUT2D eigenvalue weighted by atomic mass is 16.5. The summed E-state index contributed by atoms with van der Waals surface area (Å²) in [4.78, 5) is 13.0. The summed E-state index contributed by atoms with van der Waals surface area (Å²) in [5, 5.41) is 16.5. The van der Waals surface area contributed by atoms with Crippen molar-refractivity contribution >= 4 is 10.8 Å². The van der Waals surface area contributed by atoms with Gasteiger partial charge in [-0.3, -0.25) is 4.79 Å². The number of methoxy groups -OCH3 is 1. The molecule has 6 nitrogen and oxygen atoms in total. The molecule has 6 heteroatoms. The van der Waals surface area contributed by atoms with E-state index < -0.39 is 6.10 Å². The molecule has 0 saturated carbocycles. The zero-order chi connectivity index (χ0) is 22.5. The van der Waals surface area contributed by atoms with E-state index in [2.05, 4.69) is 5.10 Å². The molecule has 1 N–H and O–H groups in total. The Morgan fingerprint density at radius 3 is 2.41 bits per heavy atom. The fourth-order valence-electron chi connectivity index (χ4n) is 3.66. The van der Waals surface area contributed by atoms with Crippen LogP contribution in [0.5, 0.6) is 5.75 Å². The van der Waals surface area contributed by atoms with Gasteiger partial charge in [0, 0.05) is 16.5 Å². The number of nitrogens with zero attached hydrogens (tertiary/aromatic N) is 2. The quantitative estimate of drug-likeness (QED) is 0.458. The van der Waals surface area contributed by atoms with Gasteiger partial charge in [0.1, 0.15) is 5.75 Å². The Kier molecular flexibility index (Phi) is 6.63. The van der Waals surface area contributed by atoms with Gasteiger partial charge in [0.25, 0.3) is 5.56 Å². The zero-order valence-electron chi connectivity index (χ0n) is 18.2. The van der Waals surface area contributed by atoms with Crippen molar-refractivity contribution in [1.29, 1.82) is 0 Å². The van der Waals surface area contributed by atoms with Crippen molar-refractivity contribution < 1.29 is 14.6 Å². The first-order valence-electron chi connectivity index (χ1n) is 10.5. The van der Waals surface area contributed by atoms with E-state index in [1.807, 2.05) is 73.7 Å². The molecule has 4 aromatic rings. The molecule has 0 aliphatic heterocycles. The Morgan fingerprint density at radius 1 is 0.969 bits per heavy atom. The van der Waals surface area contributed by atoms with Crippen molar-refractivity contribution in [2.45, 2.75) is 26.2 Å². The van der Waals surface area contributed by atoms with Crippen molar-refractivity contribution in [3.63, 3.8) is 0 Å². The number of aliphatic hydroxyl groups excluding tert-OH is 1. The minimum atomic E-state index is -0.887. The number of rotatable bonds is 8. The van der Waals surface area contributed by atoms with Gasteiger partial charge in [-0.2, -0.15) is 5.10 Å². The fraction of sp³-hybridized carbons (Fsp3) is 0.231. The first kappa shape index (κ1) is 21.7. The minimum Gasteiger partial charge on any atom is -0.496 e. The number of fused-ring (bicyclic) bond motifs is 1. The topological polar surface area (TPSA) is 73.6 Å². The van der Waals surface area contributed by atoms with Gasteiger partial charge in [0.2, 0.25) is 0 Å². The van der Waals surface area contributed by atoms with E-state index in [0.717, 1.165) is 27.8 Å². The van der Waals surface area contributed by atoms with Crippen molar-refractivity contribution in [3.8, 4) is 17.0 Å². The molecule has 0 spiro atoms. The second-order valence-corrected chi connectivity index (χ2v) is 7.73. The van der Waals surface area contributed by atoms with Gasteiger partial charge in [0.05, 0.1) is 44.1 Å². The normalized spacial score (nSPS) is 12.1. The van der Waals surface area contributed by atoms with Gasteiger partial charge < -0.3 is 14.6 Å². The SMILES string of the molecule is COc1ccccc1COCC(O)Cn1nc(-c2ccc(C)cc2)c2ccccc2c1=O. The lowest BCUT2D eigenvalue weighted by molar-refractivity contribution is 0.0176. The number of benzene rings is 3. The molecule has 4 rings (SSSR count). The van der Waals surface area contributed by atoms with Gasteiger partial charge in [-0.05, 0) is 19.1 Å². The van der Waals surface area contributed by atoms with Gasteiger partial charge >= 0.3 is 0 Å². The highest BCUT2D eigenvalue weighted by Crippen LogP contribution is 2.25. The summed E-state index contributed by atoms with van der Waals surface area (Å²) in [7, 11) is 1.61. The van der Waals surface area contributed by atoms with E-state index in [1.54, 1.807) is 13.2 Å². The van der Waals surface area contributed by atoms with Crippen LogP contribution in [-0.2, 0) is 17.9 Å². The summed E-state index contributed by atoms with van der Waals surface area (Å²) in [5.74, 6) is 0.733. The van der Waals surface area contributed by atoms with Crippen molar-refractivity contribution in [3.05, 3.63) is 94.3 Å². The van der Waals surface area contributed by atoms with E-state index in [-0.39, 0.29) is 18.7 Å². The third kappa shape index (κ3) is 4.72. The van der Waals surface area contributed by atoms with E-state index in [9.17, 15) is 9.90 Å². The highest BCUT2D eigenvalue weighted by Gasteiger charge is 2.15. The highest BCUT2D eigenvalue weighted by molar-refractivity contribution is 5.93. The van der Waals surface area contributed by atoms with Crippen LogP contribution >= 0.6 is 0 Å². The van der Waals surface area contributed by atoms with Crippen LogP contribution in [0.25, 0.3) is 22.0 Å². The maximum Gasteiger partial charge on any atom is 0.274 e. The first-order valence-corrected chi connectivity index (χ1v) is 10.5. The maximum atomic E-state index is 13.0. The Bertz CT molecular complexity index is 1270. The molecular formula is C26H26N2O4. The maximum absolute atomic E-state index is 13.0. The number of aryl methyl sites for hydroxylation is 1. The van der Waals surface area contributed by atoms with Crippen LogP contribution in [0.15, 0.2) is 77.6 Å². The Balaban J connectivity index is 1.55. The predicted octanol–water partition coefficient (Wildman–Crippen LogP) is 3.96. The second kappa shape index (κ2) is 9.77. The molecule has 0 amide bonds. The van der Waals surface area contributed by atoms with E-state index in [0.29, 0.717) is 17.7 Å². The average Bonchev–Trinajstić information content (AvgIpc) is 2.82. The second-order valence-electron chi connectivity index (χ2n) is 7.73. The van der Waals surface area contributed by atoms with Crippen molar-refractivity contribution in [2.75, 3.05) is 13.7 Å². The Hall–Kier alpha value is -3.48. The molecule has 3 aromatic carbocycles. The number of aliphatic hydroxyl groups is 1. The lowest BCUT2D eigenvalue weighted by Crippen LogP contribution is -2.31. The summed E-state index contributed by atoms with van der Waals surface area (Å²) in [5.41, 5.74) is 3.43. The fourth-order valence-corrected chi connectivity index (χ4v) is 3.66. The van der Waals surface area contributed by atoms with Crippen LogP contribution in [0.1, 0.15) is 11.1 Å². The molecule has 0 radical (unpaired) electrons. The smallest absolute Gasteiger partial charge is 0.274 e. The summed E-state index contributed by atoms with van der Waals surface area (Å²) in [6.07, 6.45) is -0.887. The van der Waals surface area contributed by atoms with Gasteiger partial charge in [-0.25, -0.2) is 4.68 Å². The van der Waals surface area contributed by atoms with Gasteiger partial charge in [-0.15, -0.1) is 0 Å². The van der Waals surface area contributed by atoms with Gasteiger partial charge in [0.15, 0.2) is 0 Å². The summed E-state index contributed by atoms with van der Waals surface area (Å²) < 4.78 is 12.3. The molecule has 1 atom stereocenters. The third-order valence-corrected chi connectivity index (χ3v) is 5.34.